The SMILES string of the molecule is CC(NCCOc1ccccc1)c1ccc(Br)cc1. The Balaban J connectivity index is 1.72. The molecule has 0 aliphatic carbocycles. The predicted molar refractivity (Wildman–Crippen MR) is 82.5 cm³/mol. The van der Waals surface area contributed by atoms with Gasteiger partial charge in [0.05, 0.1) is 0 Å². The van der Waals surface area contributed by atoms with E-state index in [2.05, 4.69) is 52.4 Å². The highest BCUT2D eigenvalue weighted by Gasteiger charge is 2.03. The van der Waals surface area contributed by atoms with E-state index in [9.17, 15) is 0 Å². The van der Waals surface area contributed by atoms with Crippen LogP contribution in [-0.4, -0.2) is 13.2 Å². The molecule has 0 aromatic heterocycles. The van der Waals surface area contributed by atoms with Crippen LogP contribution in [-0.2, 0) is 0 Å². The largest absolute Gasteiger partial charge is 0.492 e. The van der Waals surface area contributed by atoms with Gasteiger partial charge in [0.15, 0.2) is 0 Å². The molecule has 1 unspecified atom stereocenters. The Morgan fingerprint density at radius 1 is 1.05 bits per heavy atom. The number of rotatable bonds is 6. The van der Waals surface area contributed by atoms with E-state index >= 15 is 0 Å². The molecule has 0 saturated carbocycles. The van der Waals surface area contributed by atoms with Crippen LogP contribution >= 0.6 is 15.9 Å². The summed E-state index contributed by atoms with van der Waals surface area (Å²) in [6.45, 7) is 3.66. The molecule has 1 N–H and O–H groups in total. The number of nitrogens with one attached hydrogen (secondary N) is 1. The van der Waals surface area contributed by atoms with Gasteiger partial charge in [-0.3, -0.25) is 0 Å². The fourth-order valence-electron chi connectivity index (χ4n) is 1.83. The zero-order chi connectivity index (χ0) is 13.5. The summed E-state index contributed by atoms with van der Waals surface area (Å²) in [5, 5.41) is 3.45. The first-order valence-electron chi connectivity index (χ1n) is 6.42. The van der Waals surface area contributed by atoms with Gasteiger partial charge < -0.3 is 10.1 Å². The maximum atomic E-state index is 5.64. The van der Waals surface area contributed by atoms with E-state index in [-0.39, 0.29) is 0 Å². The molecule has 0 saturated heterocycles. The molecule has 0 aliphatic heterocycles. The Bertz CT molecular complexity index is 484. The Hall–Kier alpha value is -1.32. The lowest BCUT2D eigenvalue weighted by molar-refractivity contribution is 0.307. The molecule has 2 aromatic rings. The van der Waals surface area contributed by atoms with Gasteiger partial charge >= 0.3 is 0 Å². The van der Waals surface area contributed by atoms with E-state index < -0.39 is 0 Å². The van der Waals surface area contributed by atoms with Crippen molar-refractivity contribution in [3.05, 3.63) is 64.6 Å². The van der Waals surface area contributed by atoms with Crippen molar-refractivity contribution >= 4 is 15.9 Å². The molecule has 0 spiro atoms. The highest BCUT2D eigenvalue weighted by atomic mass is 79.9. The summed E-state index contributed by atoms with van der Waals surface area (Å²) < 4.78 is 6.75. The molecule has 2 rings (SSSR count). The third kappa shape index (κ3) is 4.69. The van der Waals surface area contributed by atoms with Crippen molar-refractivity contribution in [2.24, 2.45) is 0 Å². The third-order valence-electron chi connectivity index (χ3n) is 2.93. The molecule has 3 heteroatoms. The first-order valence-corrected chi connectivity index (χ1v) is 7.22. The second-order valence-corrected chi connectivity index (χ2v) is 5.30. The van der Waals surface area contributed by atoms with Gasteiger partial charge in [-0.2, -0.15) is 0 Å². The van der Waals surface area contributed by atoms with Gasteiger partial charge in [-0.1, -0.05) is 46.3 Å². The van der Waals surface area contributed by atoms with E-state index in [1.54, 1.807) is 0 Å². The van der Waals surface area contributed by atoms with Crippen LogP contribution in [0.15, 0.2) is 59.1 Å². The topological polar surface area (TPSA) is 21.3 Å². The van der Waals surface area contributed by atoms with Gasteiger partial charge in [-0.15, -0.1) is 0 Å². The molecule has 0 radical (unpaired) electrons. The van der Waals surface area contributed by atoms with Crippen LogP contribution in [0.3, 0.4) is 0 Å². The summed E-state index contributed by atoms with van der Waals surface area (Å²) in [6, 6.07) is 18.6. The minimum Gasteiger partial charge on any atom is -0.492 e. The van der Waals surface area contributed by atoms with Crippen molar-refractivity contribution in [3.63, 3.8) is 0 Å². The van der Waals surface area contributed by atoms with Crippen LogP contribution < -0.4 is 10.1 Å². The minimum absolute atomic E-state index is 0.326. The van der Waals surface area contributed by atoms with Gasteiger partial charge in [-0.05, 0) is 36.8 Å². The summed E-state index contributed by atoms with van der Waals surface area (Å²) in [5.74, 6) is 0.917. The molecule has 19 heavy (non-hydrogen) atoms. The van der Waals surface area contributed by atoms with Crippen LogP contribution in [0.5, 0.6) is 5.75 Å². The summed E-state index contributed by atoms with van der Waals surface area (Å²) in [6.07, 6.45) is 0. The minimum atomic E-state index is 0.326. The molecule has 0 aliphatic rings. The van der Waals surface area contributed by atoms with Crippen LogP contribution in [0.1, 0.15) is 18.5 Å². The van der Waals surface area contributed by atoms with Crippen molar-refractivity contribution in [2.75, 3.05) is 13.2 Å². The normalized spacial score (nSPS) is 12.1. The lowest BCUT2D eigenvalue weighted by atomic mass is 10.1. The molecule has 0 bridgehead atoms. The Kier molecular flexibility index (Phi) is 5.43. The molecular weight excluding hydrogens is 302 g/mol. The van der Waals surface area contributed by atoms with E-state index in [0.29, 0.717) is 12.6 Å². The number of halogens is 1. The second-order valence-electron chi connectivity index (χ2n) is 4.39. The molecular formula is C16H18BrNO. The van der Waals surface area contributed by atoms with Crippen LogP contribution in [0.25, 0.3) is 0 Å². The summed E-state index contributed by atoms with van der Waals surface area (Å²) in [5.41, 5.74) is 1.28. The van der Waals surface area contributed by atoms with E-state index in [1.165, 1.54) is 5.56 Å². The van der Waals surface area contributed by atoms with E-state index in [0.717, 1.165) is 16.8 Å². The summed E-state index contributed by atoms with van der Waals surface area (Å²) in [4.78, 5) is 0. The quantitative estimate of drug-likeness (QED) is 0.806. The average molecular weight is 320 g/mol. The number of hydrogen-bond acceptors (Lipinski definition) is 2. The van der Waals surface area contributed by atoms with Crippen LogP contribution in [0.2, 0.25) is 0 Å². The fraction of sp³-hybridized carbons (Fsp3) is 0.250. The van der Waals surface area contributed by atoms with Gasteiger partial charge in [-0.25, -0.2) is 0 Å². The van der Waals surface area contributed by atoms with E-state index in [1.807, 2.05) is 30.3 Å². The summed E-state index contributed by atoms with van der Waals surface area (Å²) >= 11 is 3.44. The second kappa shape index (κ2) is 7.31. The van der Waals surface area contributed by atoms with Gasteiger partial charge in [0.2, 0.25) is 0 Å². The number of benzene rings is 2. The van der Waals surface area contributed by atoms with Crippen molar-refractivity contribution < 1.29 is 4.74 Å². The smallest absolute Gasteiger partial charge is 0.119 e. The molecule has 2 nitrogen and oxygen atoms in total. The lowest BCUT2D eigenvalue weighted by Gasteiger charge is -2.14. The van der Waals surface area contributed by atoms with Crippen molar-refractivity contribution in [1.82, 2.24) is 5.32 Å². The summed E-state index contributed by atoms with van der Waals surface area (Å²) in [7, 11) is 0. The van der Waals surface area contributed by atoms with Crippen molar-refractivity contribution in [3.8, 4) is 5.75 Å². The first kappa shape index (κ1) is 14.1. The van der Waals surface area contributed by atoms with Gasteiger partial charge in [0.25, 0.3) is 0 Å². The first-order chi connectivity index (χ1) is 9.25. The van der Waals surface area contributed by atoms with Crippen molar-refractivity contribution in [2.45, 2.75) is 13.0 Å². The molecule has 0 heterocycles. The van der Waals surface area contributed by atoms with Crippen LogP contribution in [0, 0.1) is 0 Å². The number of ether oxygens (including phenoxy) is 1. The maximum Gasteiger partial charge on any atom is 0.119 e. The standard InChI is InChI=1S/C16H18BrNO/c1-13(14-7-9-15(17)10-8-14)18-11-12-19-16-5-3-2-4-6-16/h2-10,13,18H,11-12H2,1H3. The van der Waals surface area contributed by atoms with Crippen LogP contribution in [0.4, 0.5) is 0 Å². The van der Waals surface area contributed by atoms with E-state index in [4.69, 9.17) is 4.74 Å². The fourth-order valence-corrected chi connectivity index (χ4v) is 2.09. The third-order valence-corrected chi connectivity index (χ3v) is 3.46. The highest BCUT2D eigenvalue weighted by molar-refractivity contribution is 9.10. The Labute approximate surface area is 122 Å². The zero-order valence-corrected chi connectivity index (χ0v) is 12.6. The maximum absolute atomic E-state index is 5.64. The molecule has 2 aromatic carbocycles. The predicted octanol–water partition coefficient (Wildman–Crippen LogP) is 4.18. The van der Waals surface area contributed by atoms with Gasteiger partial charge in [0, 0.05) is 17.1 Å². The Morgan fingerprint density at radius 3 is 2.42 bits per heavy atom. The molecule has 1 atom stereocenters. The molecule has 0 fully saturated rings. The molecule has 0 amide bonds. The number of hydrogen-bond donors (Lipinski definition) is 1. The monoisotopic (exact) mass is 319 g/mol. The zero-order valence-electron chi connectivity index (χ0n) is 11.0. The molecule has 100 valence electrons. The highest BCUT2D eigenvalue weighted by Crippen LogP contribution is 2.16. The Morgan fingerprint density at radius 2 is 1.74 bits per heavy atom. The average Bonchev–Trinajstić information content (AvgIpc) is 2.45. The van der Waals surface area contributed by atoms with Gasteiger partial charge in [0.1, 0.15) is 12.4 Å². The number of para-hydroxylation sites is 1. The lowest BCUT2D eigenvalue weighted by Crippen LogP contribution is -2.24. The van der Waals surface area contributed by atoms with Crippen molar-refractivity contribution in [1.29, 1.82) is 0 Å².